The van der Waals surface area contributed by atoms with Crippen molar-refractivity contribution >= 4 is 23.5 Å². The van der Waals surface area contributed by atoms with Gasteiger partial charge in [0.15, 0.2) is 17.0 Å². The standard InChI is InChI=1S/C15H24O6/c1-5-6-7-8-12(17)15(11(2)16,14(19)21-4)10-9-13(18)20-3/h5-10H2,1-4H3. The molecule has 0 heterocycles. The molecule has 0 saturated carbocycles. The van der Waals surface area contributed by atoms with Crippen LogP contribution in [-0.2, 0) is 28.7 Å². The molecule has 0 aromatic heterocycles. The molecule has 0 aromatic rings. The highest BCUT2D eigenvalue weighted by Crippen LogP contribution is 2.31. The molecule has 0 bridgehead atoms. The van der Waals surface area contributed by atoms with E-state index in [4.69, 9.17) is 0 Å². The molecule has 0 spiro atoms. The summed E-state index contributed by atoms with van der Waals surface area (Å²) in [6.07, 6.45) is 2.05. The second-order valence-corrected chi connectivity index (χ2v) is 4.91. The Labute approximate surface area is 125 Å². The summed E-state index contributed by atoms with van der Waals surface area (Å²) in [5.74, 6) is -2.56. The van der Waals surface area contributed by atoms with Crippen molar-refractivity contribution in [2.45, 2.75) is 52.4 Å². The van der Waals surface area contributed by atoms with Crippen molar-refractivity contribution < 1.29 is 28.7 Å². The number of hydrogen-bond donors (Lipinski definition) is 0. The van der Waals surface area contributed by atoms with E-state index in [9.17, 15) is 19.2 Å². The van der Waals surface area contributed by atoms with E-state index in [0.717, 1.165) is 20.0 Å². The fraction of sp³-hybridized carbons (Fsp3) is 0.733. The summed E-state index contributed by atoms with van der Waals surface area (Å²) in [6, 6.07) is 0. The van der Waals surface area contributed by atoms with Crippen LogP contribution in [0.1, 0.15) is 52.4 Å². The minimum atomic E-state index is -1.89. The lowest BCUT2D eigenvalue weighted by atomic mass is 9.74. The molecule has 0 aliphatic heterocycles. The van der Waals surface area contributed by atoms with Crippen LogP contribution in [0.5, 0.6) is 0 Å². The third-order valence-electron chi connectivity index (χ3n) is 3.55. The zero-order chi connectivity index (χ0) is 16.5. The first-order valence-electron chi connectivity index (χ1n) is 7.06. The molecule has 0 aliphatic rings. The number of methoxy groups -OCH3 is 2. The maximum absolute atomic E-state index is 12.4. The fourth-order valence-corrected chi connectivity index (χ4v) is 2.19. The first kappa shape index (κ1) is 19.3. The lowest BCUT2D eigenvalue weighted by Gasteiger charge is -2.26. The molecule has 0 N–H and O–H groups in total. The monoisotopic (exact) mass is 300 g/mol. The van der Waals surface area contributed by atoms with Crippen molar-refractivity contribution in [2.24, 2.45) is 5.41 Å². The molecule has 1 atom stereocenters. The van der Waals surface area contributed by atoms with Crippen LogP contribution in [0.25, 0.3) is 0 Å². The van der Waals surface area contributed by atoms with E-state index in [0.29, 0.717) is 6.42 Å². The van der Waals surface area contributed by atoms with Gasteiger partial charge in [0.25, 0.3) is 0 Å². The molecule has 0 radical (unpaired) electrons. The summed E-state index contributed by atoms with van der Waals surface area (Å²) in [7, 11) is 2.33. The van der Waals surface area contributed by atoms with Gasteiger partial charge in [0.05, 0.1) is 14.2 Å². The van der Waals surface area contributed by atoms with Crippen molar-refractivity contribution in [3.8, 4) is 0 Å². The summed E-state index contributed by atoms with van der Waals surface area (Å²) in [5, 5.41) is 0. The van der Waals surface area contributed by atoms with Crippen molar-refractivity contribution in [3.05, 3.63) is 0 Å². The van der Waals surface area contributed by atoms with Crippen molar-refractivity contribution in [2.75, 3.05) is 14.2 Å². The minimum Gasteiger partial charge on any atom is -0.469 e. The molecule has 0 fully saturated rings. The molecule has 6 heteroatoms. The minimum absolute atomic E-state index is 0.115. The molecule has 6 nitrogen and oxygen atoms in total. The predicted molar refractivity (Wildman–Crippen MR) is 75.5 cm³/mol. The smallest absolute Gasteiger partial charge is 0.327 e. The van der Waals surface area contributed by atoms with Crippen LogP contribution in [0, 0.1) is 5.41 Å². The molecule has 0 saturated heterocycles. The molecule has 1 unspecified atom stereocenters. The van der Waals surface area contributed by atoms with Crippen molar-refractivity contribution in [1.29, 1.82) is 0 Å². The zero-order valence-electron chi connectivity index (χ0n) is 13.2. The lowest BCUT2D eigenvalue weighted by molar-refractivity contribution is -0.163. The van der Waals surface area contributed by atoms with E-state index in [1.807, 2.05) is 6.92 Å². The van der Waals surface area contributed by atoms with E-state index in [1.54, 1.807) is 0 Å². The van der Waals surface area contributed by atoms with Gasteiger partial charge in [0, 0.05) is 12.8 Å². The first-order valence-corrected chi connectivity index (χ1v) is 7.06. The van der Waals surface area contributed by atoms with Crippen LogP contribution < -0.4 is 0 Å². The van der Waals surface area contributed by atoms with Crippen LogP contribution in [0.3, 0.4) is 0 Å². The zero-order valence-corrected chi connectivity index (χ0v) is 13.2. The number of rotatable bonds is 10. The third kappa shape index (κ3) is 4.95. The Morgan fingerprint density at radius 2 is 1.57 bits per heavy atom. The number of ketones is 2. The third-order valence-corrected chi connectivity index (χ3v) is 3.55. The summed E-state index contributed by atoms with van der Waals surface area (Å²) in [4.78, 5) is 47.7. The molecule has 21 heavy (non-hydrogen) atoms. The van der Waals surface area contributed by atoms with Gasteiger partial charge in [0.1, 0.15) is 0 Å². The Balaban J connectivity index is 5.28. The Hall–Kier alpha value is -1.72. The highest BCUT2D eigenvalue weighted by atomic mass is 16.5. The summed E-state index contributed by atoms with van der Waals surface area (Å²) >= 11 is 0. The van der Waals surface area contributed by atoms with Gasteiger partial charge in [-0.2, -0.15) is 0 Å². The van der Waals surface area contributed by atoms with E-state index >= 15 is 0 Å². The number of esters is 2. The van der Waals surface area contributed by atoms with E-state index in [1.165, 1.54) is 14.0 Å². The summed E-state index contributed by atoms with van der Waals surface area (Å²) in [6.45, 7) is 3.16. The number of ether oxygens (including phenoxy) is 2. The van der Waals surface area contributed by atoms with E-state index in [-0.39, 0.29) is 19.3 Å². The maximum Gasteiger partial charge on any atom is 0.327 e. The van der Waals surface area contributed by atoms with Gasteiger partial charge >= 0.3 is 11.9 Å². The van der Waals surface area contributed by atoms with Crippen LogP contribution in [0.15, 0.2) is 0 Å². The summed E-state index contributed by atoms with van der Waals surface area (Å²) in [5.41, 5.74) is -1.89. The molecule has 0 rings (SSSR count). The highest BCUT2D eigenvalue weighted by molar-refractivity contribution is 6.21. The van der Waals surface area contributed by atoms with Gasteiger partial charge in [-0.25, -0.2) is 0 Å². The number of carbonyl (C=O) groups is 4. The quantitative estimate of drug-likeness (QED) is 0.347. The average Bonchev–Trinajstić information content (AvgIpc) is 2.46. The second-order valence-electron chi connectivity index (χ2n) is 4.91. The van der Waals surface area contributed by atoms with E-state index < -0.39 is 28.9 Å². The van der Waals surface area contributed by atoms with Gasteiger partial charge in [0.2, 0.25) is 0 Å². The van der Waals surface area contributed by atoms with Gasteiger partial charge < -0.3 is 9.47 Å². The molecule has 0 aliphatic carbocycles. The number of carbonyl (C=O) groups excluding carboxylic acids is 4. The maximum atomic E-state index is 12.4. The predicted octanol–water partition coefficient (Wildman–Crippen LogP) is 1.84. The van der Waals surface area contributed by atoms with Gasteiger partial charge in [-0.1, -0.05) is 19.8 Å². The molecule has 0 amide bonds. The molecular weight excluding hydrogens is 276 g/mol. The topological polar surface area (TPSA) is 86.7 Å². The van der Waals surface area contributed by atoms with Crippen molar-refractivity contribution in [1.82, 2.24) is 0 Å². The highest BCUT2D eigenvalue weighted by Gasteiger charge is 2.50. The normalized spacial score (nSPS) is 13.1. The van der Waals surface area contributed by atoms with Crippen LogP contribution in [-0.4, -0.2) is 37.7 Å². The number of unbranched alkanes of at least 4 members (excludes halogenated alkanes) is 2. The fourth-order valence-electron chi connectivity index (χ4n) is 2.19. The van der Waals surface area contributed by atoms with Crippen LogP contribution in [0.4, 0.5) is 0 Å². The number of Topliss-reactive ketones (excluding diaryl/α,β-unsaturated/α-hetero) is 2. The molecular formula is C15H24O6. The molecule has 120 valence electrons. The first-order chi connectivity index (χ1) is 9.86. The van der Waals surface area contributed by atoms with Crippen LogP contribution >= 0.6 is 0 Å². The van der Waals surface area contributed by atoms with Gasteiger partial charge in [-0.15, -0.1) is 0 Å². The van der Waals surface area contributed by atoms with Gasteiger partial charge in [-0.05, 0) is 19.8 Å². The van der Waals surface area contributed by atoms with Crippen molar-refractivity contribution in [3.63, 3.8) is 0 Å². The SMILES string of the molecule is CCCCCC(=O)C(CCC(=O)OC)(C(C)=O)C(=O)OC. The van der Waals surface area contributed by atoms with E-state index in [2.05, 4.69) is 9.47 Å². The Morgan fingerprint density at radius 1 is 0.952 bits per heavy atom. The Morgan fingerprint density at radius 3 is 2.00 bits per heavy atom. The summed E-state index contributed by atoms with van der Waals surface area (Å²) < 4.78 is 9.14. The number of hydrogen-bond acceptors (Lipinski definition) is 6. The Kier molecular flexibility index (Phi) is 8.50. The van der Waals surface area contributed by atoms with Crippen LogP contribution in [0.2, 0.25) is 0 Å². The van der Waals surface area contributed by atoms with Gasteiger partial charge in [-0.3, -0.25) is 19.2 Å². The second kappa shape index (κ2) is 9.26. The molecule has 0 aromatic carbocycles. The Bertz CT molecular complexity index is 401. The lowest BCUT2D eigenvalue weighted by Crippen LogP contribution is -2.46. The largest absolute Gasteiger partial charge is 0.469 e. The average molecular weight is 300 g/mol.